The van der Waals surface area contributed by atoms with Crippen LogP contribution in [0, 0.1) is 0 Å². The molecule has 0 unspecified atom stereocenters. The Morgan fingerprint density at radius 2 is 1.66 bits per heavy atom. The predicted molar refractivity (Wildman–Crippen MR) is 116 cm³/mol. The van der Waals surface area contributed by atoms with Crippen LogP contribution in [0.15, 0.2) is 65.8 Å². The molecule has 0 aliphatic carbocycles. The highest BCUT2D eigenvalue weighted by Crippen LogP contribution is 2.37. The van der Waals surface area contributed by atoms with Crippen molar-refractivity contribution in [3.05, 3.63) is 77.6 Å². The molecule has 1 aliphatic heterocycles. The summed E-state index contributed by atoms with van der Waals surface area (Å²) in [6.45, 7) is 4.57. The van der Waals surface area contributed by atoms with E-state index in [1.807, 2.05) is 53.4 Å². The molecule has 5 nitrogen and oxygen atoms in total. The van der Waals surface area contributed by atoms with E-state index in [2.05, 4.69) is 33.8 Å². The second kappa shape index (κ2) is 9.27. The van der Waals surface area contributed by atoms with E-state index in [0.717, 1.165) is 55.4 Å². The summed E-state index contributed by atoms with van der Waals surface area (Å²) >= 11 is 1.52. The van der Waals surface area contributed by atoms with Crippen molar-refractivity contribution in [1.82, 2.24) is 19.7 Å². The van der Waals surface area contributed by atoms with Gasteiger partial charge in [-0.05, 0) is 30.9 Å². The molecule has 1 saturated heterocycles. The van der Waals surface area contributed by atoms with Crippen molar-refractivity contribution < 1.29 is 4.79 Å². The van der Waals surface area contributed by atoms with Gasteiger partial charge in [-0.15, -0.1) is 10.2 Å². The van der Waals surface area contributed by atoms with E-state index >= 15 is 0 Å². The zero-order valence-electron chi connectivity index (χ0n) is 16.7. The number of carbonyl (C=O) groups excluding carboxylic acids is 1. The monoisotopic (exact) mass is 406 g/mol. The molecule has 1 aliphatic rings. The summed E-state index contributed by atoms with van der Waals surface area (Å²) in [4.78, 5) is 15.3. The Hall–Kier alpha value is -2.60. The van der Waals surface area contributed by atoms with Gasteiger partial charge in [0.05, 0.1) is 0 Å². The normalized spacial score (nSPS) is 14.9. The first-order valence-electron chi connectivity index (χ1n) is 10.2. The van der Waals surface area contributed by atoms with Gasteiger partial charge >= 0.3 is 0 Å². The third kappa shape index (κ3) is 4.53. The molecule has 29 heavy (non-hydrogen) atoms. The van der Waals surface area contributed by atoms with Crippen molar-refractivity contribution in [1.29, 1.82) is 0 Å². The molecule has 0 N–H and O–H groups in total. The van der Waals surface area contributed by atoms with E-state index in [4.69, 9.17) is 0 Å². The number of thioether (sulfide) groups is 1. The molecule has 3 aromatic rings. The molecular weight excluding hydrogens is 380 g/mol. The molecule has 150 valence electrons. The van der Waals surface area contributed by atoms with Crippen molar-refractivity contribution >= 4 is 17.7 Å². The van der Waals surface area contributed by atoms with Crippen LogP contribution in [-0.2, 0) is 17.8 Å². The average Bonchev–Trinajstić information content (AvgIpc) is 3.43. The Morgan fingerprint density at radius 1 is 1.00 bits per heavy atom. The first-order chi connectivity index (χ1) is 14.3. The van der Waals surface area contributed by atoms with Gasteiger partial charge in [0, 0.05) is 26.1 Å². The molecule has 4 rings (SSSR count). The molecule has 1 amide bonds. The largest absolute Gasteiger partial charge is 0.341 e. The molecule has 1 aromatic heterocycles. The minimum atomic E-state index is -0.298. The molecule has 2 aromatic carbocycles. The van der Waals surface area contributed by atoms with E-state index in [9.17, 15) is 4.79 Å². The van der Waals surface area contributed by atoms with Crippen LogP contribution >= 0.6 is 11.8 Å². The third-order valence-electron chi connectivity index (χ3n) is 5.28. The summed E-state index contributed by atoms with van der Waals surface area (Å²) in [6, 6.07) is 20.3. The number of aromatic nitrogens is 3. The van der Waals surface area contributed by atoms with Gasteiger partial charge in [0.1, 0.15) is 11.1 Å². The molecule has 2 heterocycles. The molecule has 0 radical (unpaired) electrons. The topological polar surface area (TPSA) is 51.0 Å². The number of hydrogen-bond acceptors (Lipinski definition) is 4. The van der Waals surface area contributed by atoms with E-state index in [1.54, 1.807) is 0 Å². The molecule has 6 heteroatoms. The summed E-state index contributed by atoms with van der Waals surface area (Å²) in [7, 11) is 0. The Labute approximate surface area is 176 Å². The first kappa shape index (κ1) is 19.7. The van der Waals surface area contributed by atoms with Crippen molar-refractivity contribution in [2.24, 2.45) is 0 Å². The standard InChI is InChI=1S/C23H26N4OS/c1-2-27-20(17-18-11-5-3-6-12-18)24-25-23(27)29-21(19-13-7-4-8-14-19)22(28)26-15-9-10-16-26/h3-8,11-14,21H,2,9-10,15-17H2,1H3/t21-/m1/s1. The fourth-order valence-corrected chi connectivity index (χ4v) is 4.93. The van der Waals surface area contributed by atoms with Gasteiger partial charge in [0.2, 0.25) is 5.91 Å². The molecule has 1 fully saturated rings. The van der Waals surface area contributed by atoms with Crippen molar-refractivity contribution in [3.63, 3.8) is 0 Å². The second-order valence-electron chi connectivity index (χ2n) is 7.25. The van der Waals surface area contributed by atoms with Crippen LogP contribution in [0.1, 0.15) is 42.0 Å². The van der Waals surface area contributed by atoms with E-state index in [1.165, 1.54) is 17.3 Å². The van der Waals surface area contributed by atoms with Crippen LogP contribution in [0.2, 0.25) is 0 Å². The van der Waals surface area contributed by atoms with Crippen molar-refractivity contribution in [2.75, 3.05) is 13.1 Å². The SMILES string of the molecule is CCn1c(Cc2ccccc2)nnc1S[C@@H](C(=O)N1CCCC1)c1ccccc1. The summed E-state index contributed by atoms with van der Waals surface area (Å²) in [5, 5.41) is 9.42. The fraction of sp³-hybridized carbons (Fsp3) is 0.348. The minimum absolute atomic E-state index is 0.175. The van der Waals surface area contributed by atoms with E-state index in [-0.39, 0.29) is 11.2 Å². The maximum absolute atomic E-state index is 13.3. The van der Waals surface area contributed by atoms with Gasteiger partial charge < -0.3 is 9.47 Å². The number of benzene rings is 2. The number of carbonyl (C=O) groups is 1. The summed E-state index contributed by atoms with van der Waals surface area (Å²) < 4.78 is 2.13. The number of likely N-dealkylation sites (tertiary alicyclic amines) is 1. The second-order valence-corrected chi connectivity index (χ2v) is 8.32. The zero-order chi connectivity index (χ0) is 20.1. The maximum atomic E-state index is 13.3. The maximum Gasteiger partial charge on any atom is 0.240 e. The first-order valence-corrected chi connectivity index (χ1v) is 11.1. The van der Waals surface area contributed by atoms with Crippen LogP contribution in [0.4, 0.5) is 0 Å². The Balaban J connectivity index is 1.61. The molecule has 0 bridgehead atoms. The molecule has 0 saturated carbocycles. The lowest BCUT2D eigenvalue weighted by Gasteiger charge is -2.23. The van der Waals surface area contributed by atoms with Crippen LogP contribution < -0.4 is 0 Å². The van der Waals surface area contributed by atoms with Gasteiger partial charge in [0.15, 0.2) is 5.16 Å². The Bertz CT molecular complexity index is 936. The highest BCUT2D eigenvalue weighted by Gasteiger charge is 2.30. The van der Waals surface area contributed by atoms with Crippen LogP contribution in [-0.4, -0.2) is 38.7 Å². The van der Waals surface area contributed by atoms with Crippen LogP contribution in [0.3, 0.4) is 0 Å². The quantitative estimate of drug-likeness (QED) is 0.548. The molecule has 0 spiro atoms. The summed E-state index contributed by atoms with van der Waals surface area (Å²) in [5.74, 6) is 1.11. The van der Waals surface area contributed by atoms with Crippen molar-refractivity contribution in [3.8, 4) is 0 Å². The lowest BCUT2D eigenvalue weighted by molar-refractivity contribution is -0.129. The molecular formula is C23H26N4OS. The van der Waals surface area contributed by atoms with Gasteiger partial charge in [0.25, 0.3) is 0 Å². The van der Waals surface area contributed by atoms with Gasteiger partial charge in [-0.3, -0.25) is 4.79 Å². The summed E-state index contributed by atoms with van der Waals surface area (Å²) in [5.41, 5.74) is 2.23. The number of hydrogen-bond donors (Lipinski definition) is 0. The van der Waals surface area contributed by atoms with Crippen LogP contribution in [0.25, 0.3) is 0 Å². The average molecular weight is 407 g/mol. The van der Waals surface area contributed by atoms with Gasteiger partial charge in [-0.2, -0.15) is 0 Å². The van der Waals surface area contributed by atoms with Gasteiger partial charge in [-0.25, -0.2) is 0 Å². The lowest BCUT2D eigenvalue weighted by Crippen LogP contribution is -2.31. The Morgan fingerprint density at radius 3 is 2.31 bits per heavy atom. The highest BCUT2D eigenvalue weighted by molar-refractivity contribution is 8.00. The number of rotatable bonds is 7. The fourth-order valence-electron chi connectivity index (χ4n) is 3.73. The van der Waals surface area contributed by atoms with Gasteiger partial charge in [-0.1, -0.05) is 72.4 Å². The highest BCUT2D eigenvalue weighted by atomic mass is 32.2. The van der Waals surface area contributed by atoms with E-state index < -0.39 is 0 Å². The zero-order valence-corrected chi connectivity index (χ0v) is 17.5. The Kier molecular flexibility index (Phi) is 6.30. The predicted octanol–water partition coefficient (Wildman–Crippen LogP) is 4.34. The minimum Gasteiger partial charge on any atom is -0.341 e. The van der Waals surface area contributed by atoms with E-state index in [0.29, 0.717) is 0 Å². The number of nitrogens with zero attached hydrogens (tertiary/aromatic N) is 4. The molecule has 1 atom stereocenters. The van der Waals surface area contributed by atoms with Crippen LogP contribution in [0.5, 0.6) is 0 Å². The number of amides is 1. The lowest BCUT2D eigenvalue weighted by atomic mass is 10.1. The smallest absolute Gasteiger partial charge is 0.240 e. The third-order valence-corrected chi connectivity index (χ3v) is 6.50. The van der Waals surface area contributed by atoms with Crippen molar-refractivity contribution in [2.45, 2.75) is 43.1 Å². The summed E-state index contributed by atoms with van der Waals surface area (Å²) in [6.07, 6.45) is 2.91.